The number of hydrogen-bond donors (Lipinski definition) is 4. The normalized spacial score (nSPS) is 14.4. The van der Waals surface area contributed by atoms with Gasteiger partial charge < -0.3 is 67.9 Å². The molecule has 0 aromatic rings. The van der Waals surface area contributed by atoms with Crippen LogP contribution in [0.4, 0.5) is 0 Å². The minimum Gasteiger partial charge on any atom is -0.481 e. The molecule has 0 bridgehead atoms. The zero-order chi connectivity index (χ0) is 97.5. The van der Waals surface area contributed by atoms with Crippen LogP contribution in [0.25, 0.3) is 10.4 Å². The lowest BCUT2D eigenvalue weighted by molar-refractivity contribution is -0.141. The molecule has 0 spiro atoms. The Balaban J connectivity index is -0.000000482. The monoisotopic (exact) mass is 1850 g/mol. The summed E-state index contributed by atoms with van der Waals surface area (Å²) < 4.78 is 47.2. The van der Waals surface area contributed by atoms with E-state index < -0.39 is 5.97 Å². The van der Waals surface area contributed by atoms with Crippen molar-refractivity contribution in [2.45, 2.75) is 591 Å². The van der Waals surface area contributed by atoms with Gasteiger partial charge in [0.1, 0.15) is 5.78 Å². The number of allylic oxidation sites excluding steroid dienone is 2. The molecule has 0 radical (unpaired) electrons. The van der Waals surface area contributed by atoms with Crippen LogP contribution in [-0.4, -0.2) is 174 Å². The number of esters is 3. The average Bonchev–Trinajstić information content (AvgIpc) is 1.70. The third kappa shape index (κ3) is 103. The topological polar surface area (TPSA) is 318 Å². The zero-order valence-corrected chi connectivity index (χ0v) is 87.2. The number of amides is 1. The molecule has 22 nitrogen and oxygen atoms in total. The first-order chi connectivity index (χ1) is 63.1. The number of epoxide rings is 1. The van der Waals surface area contributed by atoms with Crippen LogP contribution in [0, 0.1) is 0 Å². The predicted molar refractivity (Wildman–Crippen MR) is 539 cm³/mol. The zero-order valence-electron chi connectivity index (χ0n) is 87.2. The lowest BCUT2D eigenvalue weighted by Gasteiger charge is -2.25. The summed E-state index contributed by atoms with van der Waals surface area (Å²) in [5, 5.41) is 42.0. The number of ether oxygens (including phenoxy) is 9. The van der Waals surface area contributed by atoms with Crippen molar-refractivity contribution in [3.8, 4) is 0 Å². The van der Waals surface area contributed by atoms with Crippen LogP contribution in [0.3, 0.4) is 0 Å². The summed E-state index contributed by atoms with van der Waals surface area (Å²) in [6.07, 6.45) is 87.5. The molecule has 1 heterocycles. The standard InChI is InChI=1S/C22H44O3.C18H36O4.C17H33N3O3.C17H34O4.C17H32O3.C17H32O2/c1-5-6-7-8-12-15-18-21(24-3)22(25-4)19-16-13-10-9-11-14-17-20(2)23;1-4-5-6-10-13-16(19)17(21-2)14-11-8-7-9-12-15-18(20)22-3;1-3-4-5-9-12-15(21)16(23-2)13-10-7-6-8-11-14-17(22)19-20-18;1-3-4-5-9-12-15(18)16(21-2)13-10-7-6-8-11-14-17(19)20;1-3-4-5-9-12-15-16(20-15)13-10-7-6-8-11-14-17(18)19-2;1-3-4-5-6-7-8-9-10-11-12-13-14-15-16-17(18)19-2/h21-22H,5-19H2,1-4H3;16-17,19H,4-15H2,1-3H3;15-16,21H,3-14H2,1-2H3;15-16,18H,3-14H2,1-2H3,(H,19,20);15-16H,3-14H2,1-2H3;8-9H,3-7,10-16H2,1-2H3/b;;;;;9-8-. The smallest absolute Gasteiger partial charge is 0.305 e. The minimum atomic E-state index is -0.708. The Kier molecular flexibility index (Phi) is 114. The van der Waals surface area contributed by atoms with E-state index >= 15 is 0 Å². The average molecular weight is 1860 g/mol. The van der Waals surface area contributed by atoms with Gasteiger partial charge in [0.25, 0.3) is 0 Å². The molecule has 1 fully saturated rings. The molecule has 0 aromatic carbocycles. The van der Waals surface area contributed by atoms with Crippen molar-refractivity contribution in [1.29, 1.82) is 0 Å². The number of aliphatic carboxylic acids is 1. The second kappa shape index (κ2) is 110. The first-order valence-electron chi connectivity index (χ1n) is 53.6. The van der Waals surface area contributed by atoms with Gasteiger partial charge in [0.2, 0.25) is 5.91 Å². The van der Waals surface area contributed by atoms with Crippen LogP contribution in [-0.2, 0) is 71.4 Å². The van der Waals surface area contributed by atoms with Crippen molar-refractivity contribution < 1.29 is 91.8 Å². The summed E-state index contributed by atoms with van der Waals surface area (Å²) >= 11 is 0. The maximum atomic E-state index is 11.0. The molecule has 10 atom stereocenters. The molecule has 4 N–H and O–H groups in total. The maximum absolute atomic E-state index is 11.0. The highest BCUT2D eigenvalue weighted by Gasteiger charge is 2.37. The molecule has 0 aliphatic carbocycles. The molecule has 22 heteroatoms. The summed E-state index contributed by atoms with van der Waals surface area (Å²) in [7, 11) is 13.0. The Bertz CT molecular complexity index is 2460. The lowest BCUT2D eigenvalue weighted by atomic mass is 9.99. The molecule has 0 saturated carbocycles. The molecule has 1 aliphatic rings. The molecular weight excluding hydrogens is 1640 g/mol. The van der Waals surface area contributed by atoms with Crippen LogP contribution < -0.4 is 0 Å². The predicted octanol–water partition coefficient (Wildman–Crippen LogP) is 29.8. The Morgan fingerprint density at radius 2 is 0.523 bits per heavy atom. The molecule has 10 unspecified atom stereocenters. The van der Waals surface area contributed by atoms with Crippen molar-refractivity contribution in [1.82, 2.24) is 0 Å². The summed E-state index contributed by atoms with van der Waals surface area (Å²) in [6.45, 7) is 15.0. The van der Waals surface area contributed by atoms with Crippen molar-refractivity contribution in [2.24, 2.45) is 5.11 Å². The molecular formula is C108H211N3O19. The molecule has 130 heavy (non-hydrogen) atoms. The Hall–Kier alpha value is -4.09. The number of aliphatic hydroxyl groups excluding tert-OH is 3. The van der Waals surface area contributed by atoms with Crippen LogP contribution in [0.1, 0.15) is 530 Å². The highest BCUT2D eigenvalue weighted by atomic mass is 16.6. The SMILES string of the molecule is CCCCCC/C=C\CCCCCCCC(=O)OC.CCCCCCC(O)C(CCCCCCCC(=O)N=[N+]=[N-])OC.CCCCCCC(O)C(CCCCCCCC(=O)O)OC.CCCCCCC(O)C(CCCCCCCC(=O)OC)OC.CCCCCCC1OC1CCCCCCCC(=O)OC.CCCCCCCCC(OC)C(CCCCCCCCC(C)=O)OC. The van der Waals surface area contributed by atoms with Crippen molar-refractivity contribution in [3.63, 3.8) is 0 Å². The van der Waals surface area contributed by atoms with E-state index in [2.05, 4.69) is 77.9 Å². The first kappa shape index (κ1) is 134. The van der Waals surface area contributed by atoms with E-state index in [1.807, 2.05) is 14.2 Å². The van der Waals surface area contributed by atoms with Crippen LogP contribution in [0.5, 0.6) is 0 Å². The van der Waals surface area contributed by atoms with Gasteiger partial charge in [-0.25, -0.2) is 0 Å². The number of carboxylic acids is 1. The quantitative estimate of drug-likeness (QED) is 0.00642. The molecule has 1 rings (SSSR count). The molecule has 1 aliphatic heterocycles. The third-order valence-electron chi connectivity index (χ3n) is 24.9. The number of rotatable bonds is 90. The van der Waals surface area contributed by atoms with Crippen LogP contribution in [0.15, 0.2) is 17.3 Å². The lowest BCUT2D eigenvalue weighted by Crippen LogP contribution is -2.30. The van der Waals surface area contributed by atoms with Gasteiger partial charge in [-0.1, -0.05) is 368 Å². The summed E-state index contributed by atoms with van der Waals surface area (Å²) in [5.41, 5.74) is 8.12. The number of nitrogens with zero attached hydrogens (tertiary/aromatic N) is 3. The fourth-order valence-electron chi connectivity index (χ4n) is 16.2. The Morgan fingerprint density at radius 3 is 0.800 bits per heavy atom. The number of aliphatic hydroxyl groups is 3. The van der Waals surface area contributed by atoms with Gasteiger partial charge in [-0.05, 0) is 146 Å². The molecule has 1 saturated heterocycles. The minimum absolute atomic E-state index is 0.0308. The largest absolute Gasteiger partial charge is 0.481 e. The van der Waals surface area contributed by atoms with Crippen molar-refractivity contribution >= 4 is 35.6 Å². The van der Waals surface area contributed by atoms with Crippen molar-refractivity contribution in [2.75, 3.05) is 56.9 Å². The van der Waals surface area contributed by atoms with Gasteiger partial charge in [-0.15, -0.1) is 0 Å². The maximum Gasteiger partial charge on any atom is 0.305 e. The van der Waals surface area contributed by atoms with E-state index in [9.17, 15) is 44.1 Å². The van der Waals surface area contributed by atoms with Crippen LogP contribution >= 0.6 is 0 Å². The number of Topliss-reactive ketones (excluding diaryl/α,β-unsaturated/α-hetero) is 1. The van der Waals surface area contributed by atoms with Gasteiger partial charge in [0.05, 0.1) is 82.4 Å². The summed E-state index contributed by atoms with van der Waals surface area (Å²) in [5.74, 6) is -1.04. The number of carbonyl (C=O) groups is 6. The van der Waals surface area contributed by atoms with Gasteiger partial charge in [0.15, 0.2) is 0 Å². The van der Waals surface area contributed by atoms with Crippen LogP contribution in [0.2, 0.25) is 0 Å². The number of methoxy groups -OCH3 is 8. The second-order valence-electron chi connectivity index (χ2n) is 36.7. The van der Waals surface area contributed by atoms with E-state index in [4.69, 9.17) is 39.1 Å². The number of hydrogen-bond acceptors (Lipinski definition) is 18. The van der Waals surface area contributed by atoms with E-state index in [1.165, 1.54) is 265 Å². The fraction of sp³-hybridized carbons (Fsp3) is 0.926. The van der Waals surface area contributed by atoms with E-state index in [0.29, 0.717) is 43.7 Å². The fourth-order valence-corrected chi connectivity index (χ4v) is 16.2. The van der Waals surface area contributed by atoms with E-state index in [1.54, 1.807) is 28.3 Å². The van der Waals surface area contributed by atoms with Gasteiger partial charge in [-0.3, -0.25) is 24.0 Å². The van der Waals surface area contributed by atoms with Crippen molar-refractivity contribution in [3.05, 3.63) is 22.6 Å². The number of carboxylic acid groups (broad SMARTS) is 1. The number of carbonyl (C=O) groups excluding carboxylic acids is 5. The Labute approximate surface area is 798 Å². The van der Waals surface area contributed by atoms with Gasteiger partial charge >= 0.3 is 23.9 Å². The summed E-state index contributed by atoms with van der Waals surface area (Å²) in [4.78, 5) is 67.5. The molecule has 772 valence electrons. The highest BCUT2D eigenvalue weighted by molar-refractivity contribution is 5.76. The molecule has 1 amide bonds. The Morgan fingerprint density at radius 1 is 0.300 bits per heavy atom. The van der Waals surface area contributed by atoms with Gasteiger partial charge in [-0.2, -0.15) is 0 Å². The highest BCUT2D eigenvalue weighted by Crippen LogP contribution is 2.32. The van der Waals surface area contributed by atoms with Gasteiger partial charge in [0, 0.05) is 79.0 Å². The number of ketones is 1. The summed E-state index contributed by atoms with van der Waals surface area (Å²) in [6, 6.07) is 0. The van der Waals surface area contributed by atoms with E-state index in [0.717, 1.165) is 205 Å². The number of unbranched alkanes of at least 4 members (excludes halogenated alkanes) is 47. The molecule has 0 aromatic heterocycles. The van der Waals surface area contributed by atoms with E-state index in [-0.39, 0.29) is 79.1 Å². The third-order valence-corrected chi connectivity index (χ3v) is 24.9. The first-order valence-corrected chi connectivity index (χ1v) is 53.6. The second-order valence-corrected chi connectivity index (χ2v) is 36.7. The number of azide groups is 1.